The van der Waals surface area contributed by atoms with E-state index in [0.29, 0.717) is 5.16 Å². The van der Waals surface area contributed by atoms with E-state index in [4.69, 9.17) is 9.47 Å². The van der Waals surface area contributed by atoms with Gasteiger partial charge in [-0.05, 0) is 36.0 Å². The average Bonchev–Trinajstić information content (AvgIpc) is 2.55. The molecule has 8 heteroatoms. The summed E-state index contributed by atoms with van der Waals surface area (Å²) in [5.41, 5.74) is 0.302. The molecule has 128 valence electrons. The van der Waals surface area contributed by atoms with E-state index in [1.54, 1.807) is 0 Å². The number of hydrogen-bond donors (Lipinski definition) is 1. The van der Waals surface area contributed by atoms with Crippen LogP contribution >= 0.6 is 11.8 Å². The molecule has 1 aromatic carbocycles. The van der Waals surface area contributed by atoms with Crippen molar-refractivity contribution in [2.45, 2.75) is 30.8 Å². The highest BCUT2D eigenvalue weighted by atomic mass is 32.2. The minimum atomic E-state index is -0.439. The molecule has 1 N–H and O–H groups in total. The van der Waals surface area contributed by atoms with Crippen molar-refractivity contribution in [2.75, 3.05) is 19.5 Å². The number of carbonyl (C=O) groups is 1. The summed E-state index contributed by atoms with van der Waals surface area (Å²) in [5.74, 6) is -0.0326. The molecule has 0 radical (unpaired) electrons. The van der Waals surface area contributed by atoms with Crippen molar-refractivity contribution in [2.24, 2.45) is 5.41 Å². The van der Waals surface area contributed by atoms with Gasteiger partial charge >= 0.3 is 12.0 Å². The van der Waals surface area contributed by atoms with E-state index < -0.39 is 5.41 Å². The third kappa shape index (κ3) is 4.82. The fourth-order valence-electron chi connectivity index (χ4n) is 1.58. The van der Waals surface area contributed by atoms with Crippen LogP contribution < -0.4 is 14.8 Å². The Balaban J connectivity index is 2.10. The van der Waals surface area contributed by atoms with Gasteiger partial charge in [-0.2, -0.15) is 9.97 Å². The molecule has 7 nitrogen and oxygen atoms in total. The number of benzene rings is 1. The molecule has 24 heavy (non-hydrogen) atoms. The first-order chi connectivity index (χ1) is 11.3. The third-order valence-electron chi connectivity index (χ3n) is 2.94. The second kappa shape index (κ2) is 7.48. The zero-order valence-corrected chi connectivity index (χ0v) is 15.1. The van der Waals surface area contributed by atoms with Crippen LogP contribution in [-0.2, 0) is 4.79 Å². The number of rotatable bonds is 5. The number of aromatic nitrogens is 3. The molecule has 0 aliphatic heterocycles. The maximum atomic E-state index is 12.0. The summed E-state index contributed by atoms with van der Waals surface area (Å²) in [4.78, 5) is 25.2. The Hall–Kier alpha value is -2.35. The molecule has 2 rings (SSSR count). The SMILES string of the molecule is COc1nc(OC)nc(Sc2ccc(NC(=O)C(C)(C)C)cc2)n1. The summed E-state index contributed by atoms with van der Waals surface area (Å²) in [6.07, 6.45) is 0. The van der Waals surface area contributed by atoms with E-state index in [1.807, 2.05) is 45.0 Å². The quantitative estimate of drug-likeness (QED) is 0.888. The second-order valence-corrected chi connectivity index (χ2v) is 6.96. The van der Waals surface area contributed by atoms with Gasteiger partial charge in [0.2, 0.25) is 11.1 Å². The Labute approximate surface area is 145 Å². The topological polar surface area (TPSA) is 86.2 Å². The Morgan fingerprint density at radius 3 is 2.00 bits per heavy atom. The number of hydrogen-bond acceptors (Lipinski definition) is 7. The number of nitrogens with zero attached hydrogens (tertiary/aromatic N) is 3. The number of anilines is 1. The minimum absolute atomic E-state index is 0.0326. The molecule has 1 heterocycles. The molecule has 0 saturated heterocycles. The number of amides is 1. The summed E-state index contributed by atoms with van der Waals surface area (Å²) < 4.78 is 10.1. The van der Waals surface area contributed by atoms with E-state index >= 15 is 0 Å². The molecule has 0 atom stereocenters. The van der Waals surface area contributed by atoms with Crippen molar-refractivity contribution in [1.82, 2.24) is 15.0 Å². The largest absolute Gasteiger partial charge is 0.467 e. The zero-order valence-electron chi connectivity index (χ0n) is 14.3. The second-order valence-electron chi connectivity index (χ2n) is 5.92. The fourth-order valence-corrected chi connectivity index (χ4v) is 2.31. The summed E-state index contributed by atoms with van der Waals surface area (Å²) in [6, 6.07) is 7.82. The van der Waals surface area contributed by atoms with Crippen LogP contribution in [0.25, 0.3) is 0 Å². The van der Waals surface area contributed by atoms with Crippen LogP contribution in [0.5, 0.6) is 12.0 Å². The fraction of sp³-hybridized carbons (Fsp3) is 0.375. The van der Waals surface area contributed by atoms with Crippen LogP contribution in [0.4, 0.5) is 5.69 Å². The van der Waals surface area contributed by atoms with Gasteiger partial charge in [0, 0.05) is 16.0 Å². The first-order valence-corrected chi connectivity index (χ1v) is 8.07. The number of methoxy groups -OCH3 is 2. The van der Waals surface area contributed by atoms with Crippen molar-refractivity contribution in [1.29, 1.82) is 0 Å². The normalized spacial score (nSPS) is 11.0. The van der Waals surface area contributed by atoms with Crippen LogP contribution in [0.1, 0.15) is 20.8 Å². The maximum Gasteiger partial charge on any atom is 0.323 e. The summed E-state index contributed by atoms with van der Waals surface area (Å²) in [7, 11) is 2.96. The van der Waals surface area contributed by atoms with Crippen LogP contribution in [0.3, 0.4) is 0 Å². The highest BCUT2D eigenvalue weighted by molar-refractivity contribution is 7.99. The van der Waals surface area contributed by atoms with Gasteiger partial charge < -0.3 is 14.8 Å². The predicted octanol–water partition coefficient (Wildman–Crippen LogP) is 3.02. The van der Waals surface area contributed by atoms with Gasteiger partial charge in [0.25, 0.3) is 0 Å². The third-order valence-corrected chi connectivity index (χ3v) is 3.81. The standard InChI is InChI=1S/C16H20N4O3S/c1-16(2,3)12(21)17-10-6-8-11(9-7-10)24-15-19-13(22-4)18-14(20-15)23-5/h6-9H,1-5H3,(H,17,21). The molecule has 0 spiro atoms. The van der Waals surface area contributed by atoms with Gasteiger partial charge in [-0.15, -0.1) is 4.98 Å². The van der Waals surface area contributed by atoms with Crippen molar-refractivity contribution < 1.29 is 14.3 Å². The van der Waals surface area contributed by atoms with Crippen molar-refractivity contribution in [3.05, 3.63) is 24.3 Å². The molecule has 0 fully saturated rings. The predicted molar refractivity (Wildman–Crippen MR) is 91.6 cm³/mol. The van der Waals surface area contributed by atoms with Gasteiger partial charge in [-0.3, -0.25) is 4.79 Å². The lowest BCUT2D eigenvalue weighted by Crippen LogP contribution is -2.27. The number of nitrogens with one attached hydrogen (secondary N) is 1. The lowest BCUT2D eigenvalue weighted by molar-refractivity contribution is -0.123. The summed E-state index contributed by atoms with van der Waals surface area (Å²) in [6.45, 7) is 5.61. The molecular formula is C16H20N4O3S. The van der Waals surface area contributed by atoms with Gasteiger partial charge in [0.15, 0.2) is 0 Å². The van der Waals surface area contributed by atoms with Crippen LogP contribution in [0, 0.1) is 5.41 Å². The van der Waals surface area contributed by atoms with E-state index in [1.165, 1.54) is 26.0 Å². The molecule has 2 aromatic rings. The van der Waals surface area contributed by atoms with Gasteiger partial charge in [-0.1, -0.05) is 20.8 Å². The average molecular weight is 348 g/mol. The lowest BCUT2D eigenvalue weighted by atomic mass is 9.95. The molecule has 1 aromatic heterocycles. The molecule has 0 unspecified atom stereocenters. The Bertz CT molecular complexity index is 692. The zero-order chi connectivity index (χ0) is 17.7. The first-order valence-electron chi connectivity index (χ1n) is 7.25. The van der Waals surface area contributed by atoms with Gasteiger partial charge in [0.1, 0.15) is 0 Å². The van der Waals surface area contributed by atoms with Crippen LogP contribution in [0.2, 0.25) is 0 Å². The Morgan fingerprint density at radius 2 is 1.54 bits per heavy atom. The van der Waals surface area contributed by atoms with E-state index in [-0.39, 0.29) is 17.9 Å². The molecule has 1 amide bonds. The van der Waals surface area contributed by atoms with Crippen LogP contribution in [-0.4, -0.2) is 35.1 Å². The highest BCUT2D eigenvalue weighted by Crippen LogP contribution is 2.28. The Morgan fingerprint density at radius 1 is 1.00 bits per heavy atom. The molecule has 0 aliphatic carbocycles. The number of ether oxygens (including phenoxy) is 2. The maximum absolute atomic E-state index is 12.0. The smallest absolute Gasteiger partial charge is 0.323 e. The van der Waals surface area contributed by atoms with Crippen LogP contribution in [0.15, 0.2) is 34.3 Å². The van der Waals surface area contributed by atoms with Gasteiger partial charge in [-0.25, -0.2) is 0 Å². The minimum Gasteiger partial charge on any atom is -0.467 e. The van der Waals surface area contributed by atoms with Crippen molar-refractivity contribution >= 4 is 23.4 Å². The van der Waals surface area contributed by atoms with E-state index in [9.17, 15) is 4.79 Å². The lowest BCUT2D eigenvalue weighted by Gasteiger charge is -2.17. The number of carbonyl (C=O) groups excluding carboxylic acids is 1. The molecule has 0 aliphatic rings. The van der Waals surface area contributed by atoms with E-state index in [0.717, 1.165) is 10.6 Å². The highest BCUT2D eigenvalue weighted by Gasteiger charge is 2.21. The summed E-state index contributed by atoms with van der Waals surface area (Å²) >= 11 is 1.34. The first kappa shape index (κ1) is 18.0. The molecular weight excluding hydrogens is 328 g/mol. The summed E-state index contributed by atoms with van der Waals surface area (Å²) in [5, 5.41) is 3.34. The Kier molecular flexibility index (Phi) is 5.61. The monoisotopic (exact) mass is 348 g/mol. The van der Waals surface area contributed by atoms with Crippen molar-refractivity contribution in [3.63, 3.8) is 0 Å². The van der Waals surface area contributed by atoms with Gasteiger partial charge in [0.05, 0.1) is 14.2 Å². The molecule has 0 bridgehead atoms. The van der Waals surface area contributed by atoms with E-state index in [2.05, 4.69) is 20.3 Å². The molecule has 0 saturated carbocycles. The van der Waals surface area contributed by atoms with Crippen molar-refractivity contribution in [3.8, 4) is 12.0 Å².